The van der Waals surface area contributed by atoms with Crippen LogP contribution in [0.25, 0.3) is 0 Å². The Balaban J connectivity index is 1.80. The Morgan fingerprint density at radius 2 is 2.35 bits per heavy atom. The Kier molecular flexibility index (Phi) is 3.23. The topological polar surface area (TPSA) is 79.0 Å². The third-order valence-electron chi connectivity index (χ3n) is 3.08. The highest BCUT2D eigenvalue weighted by Crippen LogP contribution is 2.36. The van der Waals surface area contributed by atoms with Crippen LogP contribution < -0.4 is 15.4 Å². The predicted octanol–water partition coefficient (Wildman–Crippen LogP) is 2.31. The lowest BCUT2D eigenvalue weighted by atomic mass is 10.2. The molecule has 6 nitrogen and oxygen atoms in total. The normalized spacial score (nSPS) is 13.4. The van der Waals surface area contributed by atoms with Gasteiger partial charge in [0.1, 0.15) is 5.75 Å². The monoisotopic (exact) mass is 292 g/mol. The van der Waals surface area contributed by atoms with E-state index in [0.29, 0.717) is 23.0 Å². The number of H-pyrrole nitrogens is 1. The fourth-order valence-corrected chi connectivity index (χ4v) is 2.21. The molecule has 1 aliphatic heterocycles. The van der Waals surface area contributed by atoms with Crippen molar-refractivity contribution in [1.82, 2.24) is 9.97 Å². The minimum Gasteiger partial charge on any atom is -0.482 e. The van der Waals surface area contributed by atoms with Crippen LogP contribution in [0.1, 0.15) is 11.4 Å². The molecule has 0 aliphatic carbocycles. The second-order valence-electron chi connectivity index (χ2n) is 4.49. The second kappa shape index (κ2) is 5.05. The molecule has 2 aromatic rings. The van der Waals surface area contributed by atoms with Crippen molar-refractivity contribution in [2.24, 2.45) is 0 Å². The largest absolute Gasteiger partial charge is 0.482 e. The van der Waals surface area contributed by atoms with Crippen molar-refractivity contribution in [3.8, 4) is 5.75 Å². The standard InChI is InChI=1S/C13H13ClN4O2/c1-7-11(17-6-16-7)4-15-9-3-12-10(2-8(9)14)18-13(19)5-20-12/h2-3,6,15H,4-5H2,1H3,(H,16,17)(H,18,19). The summed E-state index contributed by atoms with van der Waals surface area (Å²) in [6.45, 7) is 2.53. The van der Waals surface area contributed by atoms with E-state index in [1.165, 1.54) is 0 Å². The van der Waals surface area contributed by atoms with Gasteiger partial charge in [-0.05, 0) is 13.0 Å². The van der Waals surface area contributed by atoms with Gasteiger partial charge in [0.2, 0.25) is 0 Å². The van der Waals surface area contributed by atoms with Gasteiger partial charge in [-0.1, -0.05) is 11.6 Å². The van der Waals surface area contributed by atoms with E-state index in [2.05, 4.69) is 20.6 Å². The molecule has 1 aliphatic rings. The fraction of sp³-hybridized carbons (Fsp3) is 0.231. The number of aromatic amines is 1. The predicted molar refractivity (Wildman–Crippen MR) is 76.2 cm³/mol. The number of hydrogen-bond donors (Lipinski definition) is 3. The number of imidazole rings is 1. The molecule has 0 saturated carbocycles. The van der Waals surface area contributed by atoms with Gasteiger partial charge in [0.05, 0.1) is 35.0 Å². The first kappa shape index (κ1) is 12.8. The first-order chi connectivity index (χ1) is 9.63. The van der Waals surface area contributed by atoms with Crippen molar-refractivity contribution in [2.45, 2.75) is 13.5 Å². The van der Waals surface area contributed by atoms with Crippen LogP contribution in [-0.4, -0.2) is 22.5 Å². The number of nitrogens with zero attached hydrogens (tertiary/aromatic N) is 1. The number of rotatable bonds is 3. The molecule has 1 amide bonds. The van der Waals surface area contributed by atoms with Gasteiger partial charge in [-0.25, -0.2) is 4.98 Å². The first-order valence-corrected chi connectivity index (χ1v) is 6.50. The lowest BCUT2D eigenvalue weighted by Gasteiger charge is -2.19. The number of carbonyl (C=O) groups is 1. The number of halogens is 1. The fourth-order valence-electron chi connectivity index (χ4n) is 1.98. The molecule has 104 valence electrons. The third kappa shape index (κ3) is 2.42. The van der Waals surface area contributed by atoms with Crippen LogP contribution in [0.4, 0.5) is 11.4 Å². The molecule has 2 heterocycles. The summed E-state index contributed by atoms with van der Waals surface area (Å²) in [6, 6.07) is 3.45. The van der Waals surface area contributed by atoms with Crippen molar-refractivity contribution in [2.75, 3.05) is 17.2 Å². The molecule has 3 N–H and O–H groups in total. The molecular weight excluding hydrogens is 280 g/mol. The Morgan fingerprint density at radius 1 is 1.50 bits per heavy atom. The number of fused-ring (bicyclic) bond motifs is 1. The molecule has 0 atom stereocenters. The van der Waals surface area contributed by atoms with Crippen molar-refractivity contribution in [3.63, 3.8) is 0 Å². The third-order valence-corrected chi connectivity index (χ3v) is 3.40. The van der Waals surface area contributed by atoms with E-state index in [1.54, 1.807) is 18.5 Å². The maximum atomic E-state index is 11.2. The Hall–Kier alpha value is -2.21. The zero-order chi connectivity index (χ0) is 14.1. The van der Waals surface area contributed by atoms with Crippen LogP contribution in [0.5, 0.6) is 5.75 Å². The van der Waals surface area contributed by atoms with Gasteiger partial charge in [-0.15, -0.1) is 0 Å². The van der Waals surface area contributed by atoms with E-state index >= 15 is 0 Å². The molecule has 0 spiro atoms. The van der Waals surface area contributed by atoms with Crippen molar-refractivity contribution in [1.29, 1.82) is 0 Å². The lowest BCUT2D eigenvalue weighted by molar-refractivity contribution is -0.118. The molecule has 3 rings (SSSR count). The van der Waals surface area contributed by atoms with Crippen LogP contribution in [0, 0.1) is 6.92 Å². The zero-order valence-electron chi connectivity index (χ0n) is 10.8. The first-order valence-electron chi connectivity index (χ1n) is 6.12. The average Bonchev–Trinajstić information content (AvgIpc) is 2.82. The highest BCUT2D eigenvalue weighted by atomic mass is 35.5. The van der Waals surface area contributed by atoms with Crippen LogP contribution >= 0.6 is 11.6 Å². The number of hydrogen-bond acceptors (Lipinski definition) is 4. The smallest absolute Gasteiger partial charge is 0.262 e. The maximum Gasteiger partial charge on any atom is 0.262 e. The summed E-state index contributed by atoms with van der Waals surface area (Å²) in [5, 5.41) is 6.44. The Morgan fingerprint density at radius 3 is 3.10 bits per heavy atom. The van der Waals surface area contributed by atoms with Crippen molar-refractivity contribution >= 4 is 28.9 Å². The number of anilines is 2. The van der Waals surface area contributed by atoms with Gasteiger partial charge in [0.25, 0.3) is 5.91 Å². The van der Waals surface area contributed by atoms with Gasteiger partial charge in [-0.3, -0.25) is 4.79 Å². The van der Waals surface area contributed by atoms with Crippen LogP contribution in [-0.2, 0) is 11.3 Å². The van der Waals surface area contributed by atoms with Crippen LogP contribution in [0.3, 0.4) is 0 Å². The van der Waals surface area contributed by atoms with Gasteiger partial charge < -0.3 is 20.4 Å². The van der Waals surface area contributed by atoms with E-state index in [1.807, 2.05) is 6.92 Å². The molecule has 0 unspecified atom stereocenters. The minimum atomic E-state index is -0.179. The maximum absolute atomic E-state index is 11.2. The minimum absolute atomic E-state index is 0.0204. The summed E-state index contributed by atoms with van der Waals surface area (Å²) >= 11 is 6.19. The number of nitrogens with one attached hydrogen (secondary N) is 3. The number of benzene rings is 1. The number of aryl methyl sites for hydroxylation is 1. The summed E-state index contributed by atoms with van der Waals surface area (Å²) in [6.07, 6.45) is 1.65. The second-order valence-corrected chi connectivity index (χ2v) is 4.90. The summed E-state index contributed by atoms with van der Waals surface area (Å²) < 4.78 is 5.36. The molecule has 0 radical (unpaired) electrons. The number of carbonyl (C=O) groups excluding carboxylic acids is 1. The molecule has 0 fully saturated rings. The van der Waals surface area contributed by atoms with Crippen LogP contribution in [0.15, 0.2) is 18.5 Å². The van der Waals surface area contributed by atoms with Gasteiger partial charge >= 0.3 is 0 Å². The molecule has 1 aromatic carbocycles. The Bertz CT molecular complexity index is 668. The lowest BCUT2D eigenvalue weighted by Crippen LogP contribution is -2.25. The summed E-state index contributed by atoms with van der Waals surface area (Å²) in [4.78, 5) is 18.5. The van der Waals surface area contributed by atoms with Crippen LogP contribution in [0.2, 0.25) is 5.02 Å². The molecule has 0 saturated heterocycles. The molecular formula is C13H13ClN4O2. The highest BCUT2D eigenvalue weighted by Gasteiger charge is 2.18. The molecule has 20 heavy (non-hydrogen) atoms. The summed E-state index contributed by atoms with van der Waals surface area (Å²) in [5.74, 6) is 0.427. The number of amides is 1. The van der Waals surface area contributed by atoms with Crippen molar-refractivity contribution < 1.29 is 9.53 Å². The highest BCUT2D eigenvalue weighted by molar-refractivity contribution is 6.33. The average molecular weight is 293 g/mol. The number of aromatic nitrogens is 2. The molecule has 0 bridgehead atoms. The van der Waals surface area contributed by atoms with E-state index in [4.69, 9.17) is 16.3 Å². The van der Waals surface area contributed by atoms with E-state index in [0.717, 1.165) is 17.1 Å². The van der Waals surface area contributed by atoms with E-state index in [9.17, 15) is 4.79 Å². The van der Waals surface area contributed by atoms with E-state index < -0.39 is 0 Å². The van der Waals surface area contributed by atoms with Crippen molar-refractivity contribution in [3.05, 3.63) is 34.9 Å². The zero-order valence-corrected chi connectivity index (χ0v) is 11.5. The Labute approximate surface area is 120 Å². The molecule has 1 aromatic heterocycles. The van der Waals surface area contributed by atoms with Gasteiger partial charge in [-0.2, -0.15) is 0 Å². The summed E-state index contributed by atoms with van der Waals surface area (Å²) in [5.41, 5.74) is 3.26. The molecule has 7 heteroatoms. The van der Waals surface area contributed by atoms with Gasteiger partial charge in [0, 0.05) is 11.8 Å². The quantitative estimate of drug-likeness (QED) is 0.811. The summed E-state index contributed by atoms with van der Waals surface area (Å²) in [7, 11) is 0. The number of ether oxygens (including phenoxy) is 1. The van der Waals surface area contributed by atoms with Gasteiger partial charge in [0.15, 0.2) is 6.61 Å². The SMILES string of the molecule is Cc1[nH]cnc1CNc1cc2c(cc1Cl)NC(=O)CO2. The van der Waals surface area contributed by atoms with E-state index in [-0.39, 0.29) is 12.5 Å².